The van der Waals surface area contributed by atoms with E-state index in [1.165, 1.54) is 0 Å². The van der Waals surface area contributed by atoms with Crippen LogP contribution >= 0.6 is 11.8 Å². The molecule has 7 heteroatoms. The summed E-state index contributed by atoms with van der Waals surface area (Å²) in [5.74, 6) is 1.33. The molecule has 0 radical (unpaired) electrons. The highest BCUT2D eigenvalue weighted by atomic mass is 32.2. The third-order valence-corrected chi connectivity index (χ3v) is 2.66. The van der Waals surface area contributed by atoms with Gasteiger partial charge < -0.3 is 10.2 Å². The lowest BCUT2D eigenvalue weighted by atomic mass is 10.3. The Morgan fingerprint density at radius 3 is 3.14 bits per heavy atom. The SMILES string of the molecule is CSCCN1/C(=N/[N+](=O)[O-])NCC1C. The summed E-state index contributed by atoms with van der Waals surface area (Å²) in [4.78, 5) is 12.2. The van der Waals surface area contributed by atoms with Gasteiger partial charge in [-0.2, -0.15) is 11.8 Å². The summed E-state index contributed by atoms with van der Waals surface area (Å²) in [6.45, 7) is 3.54. The maximum absolute atomic E-state index is 10.2. The van der Waals surface area contributed by atoms with Gasteiger partial charge in [-0.15, -0.1) is 0 Å². The van der Waals surface area contributed by atoms with Crippen molar-refractivity contribution in [2.45, 2.75) is 13.0 Å². The van der Waals surface area contributed by atoms with Crippen molar-refractivity contribution in [2.24, 2.45) is 5.10 Å². The van der Waals surface area contributed by atoms with Crippen LogP contribution in [0.15, 0.2) is 5.10 Å². The molecule has 80 valence electrons. The van der Waals surface area contributed by atoms with Crippen molar-refractivity contribution in [2.75, 3.05) is 25.1 Å². The number of hydrogen-bond donors (Lipinski definition) is 1. The molecule has 1 aliphatic heterocycles. The van der Waals surface area contributed by atoms with Crippen LogP contribution < -0.4 is 5.32 Å². The van der Waals surface area contributed by atoms with Crippen LogP contribution in [0.3, 0.4) is 0 Å². The number of guanidine groups is 1. The summed E-state index contributed by atoms with van der Waals surface area (Å²) in [7, 11) is 0. The summed E-state index contributed by atoms with van der Waals surface area (Å²) in [5.41, 5.74) is 0. The van der Waals surface area contributed by atoms with E-state index >= 15 is 0 Å². The van der Waals surface area contributed by atoms with Gasteiger partial charge in [0.1, 0.15) is 5.10 Å². The molecular weight excluding hydrogens is 204 g/mol. The molecule has 1 fully saturated rings. The molecule has 6 nitrogen and oxygen atoms in total. The zero-order valence-electron chi connectivity index (χ0n) is 8.27. The first-order valence-corrected chi connectivity index (χ1v) is 5.77. The van der Waals surface area contributed by atoms with E-state index in [0.29, 0.717) is 5.96 Å². The Hall–Kier alpha value is -0.980. The molecule has 0 aliphatic carbocycles. The van der Waals surface area contributed by atoms with Crippen molar-refractivity contribution in [3.05, 3.63) is 10.1 Å². The van der Waals surface area contributed by atoms with Gasteiger partial charge in [-0.05, 0) is 13.2 Å². The number of hydrogen-bond acceptors (Lipinski definition) is 3. The number of hydrazone groups is 1. The molecule has 0 aromatic rings. The van der Waals surface area contributed by atoms with Crippen LogP contribution in [0.2, 0.25) is 0 Å². The third-order valence-electron chi connectivity index (χ3n) is 2.07. The first-order valence-electron chi connectivity index (χ1n) is 4.37. The molecule has 1 heterocycles. The molecule has 1 saturated heterocycles. The zero-order valence-corrected chi connectivity index (χ0v) is 9.08. The second-order valence-corrected chi connectivity index (χ2v) is 4.06. The van der Waals surface area contributed by atoms with Gasteiger partial charge in [0, 0.05) is 24.9 Å². The highest BCUT2D eigenvalue weighted by molar-refractivity contribution is 7.98. The largest absolute Gasteiger partial charge is 0.349 e. The van der Waals surface area contributed by atoms with Crippen LogP contribution in [0.5, 0.6) is 0 Å². The van der Waals surface area contributed by atoms with Gasteiger partial charge >= 0.3 is 0 Å². The molecule has 1 rings (SSSR count). The molecule has 1 atom stereocenters. The van der Waals surface area contributed by atoms with Gasteiger partial charge in [0.2, 0.25) is 0 Å². The summed E-state index contributed by atoms with van der Waals surface area (Å²) in [6, 6.07) is 0.279. The molecule has 0 amide bonds. The topological polar surface area (TPSA) is 70.8 Å². The first kappa shape index (κ1) is 11.1. The molecule has 1 unspecified atom stereocenters. The Morgan fingerprint density at radius 1 is 1.86 bits per heavy atom. The van der Waals surface area contributed by atoms with Crippen molar-refractivity contribution in [3.63, 3.8) is 0 Å². The minimum Gasteiger partial charge on any atom is -0.349 e. The van der Waals surface area contributed by atoms with Crippen LogP contribution in [0, 0.1) is 10.1 Å². The van der Waals surface area contributed by atoms with Crippen molar-refractivity contribution in [1.82, 2.24) is 10.2 Å². The fourth-order valence-electron chi connectivity index (χ4n) is 1.35. The Balaban J connectivity index is 2.61. The van der Waals surface area contributed by atoms with Gasteiger partial charge in [0.05, 0.1) is 0 Å². The van der Waals surface area contributed by atoms with E-state index in [2.05, 4.69) is 10.4 Å². The molecule has 0 bridgehead atoms. The standard InChI is InChI=1S/C7H14N4O2S/c1-6-5-8-7(9-11(12)13)10(6)3-4-14-2/h6H,3-5H2,1-2H3,(H,8,9). The highest BCUT2D eigenvalue weighted by Crippen LogP contribution is 2.07. The Labute approximate surface area is 86.9 Å². The maximum atomic E-state index is 10.2. The molecule has 0 spiro atoms. The second kappa shape index (κ2) is 5.04. The van der Waals surface area contributed by atoms with E-state index in [9.17, 15) is 10.1 Å². The molecule has 1 aliphatic rings. The van der Waals surface area contributed by atoms with Crippen LogP contribution in [-0.4, -0.2) is 47.0 Å². The molecule has 0 saturated carbocycles. The molecule has 14 heavy (non-hydrogen) atoms. The van der Waals surface area contributed by atoms with E-state index < -0.39 is 5.03 Å². The van der Waals surface area contributed by atoms with Gasteiger partial charge in [-0.1, -0.05) is 0 Å². The minimum atomic E-state index is -0.660. The number of rotatable bonds is 4. The molecular formula is C7H14N4O2S. The molecule has 0 aromatic heterocycles. The number of nitro groups is 1. The van der Waals surface area contributed by atoms with Crippen LogP contribution in [-0.2, 0) is 0 Å². The predicted molar refractivity (Wildman–Crippen MR) is 57.0 cm³/mol. The lowest BCUT2D eigenvalue weighted by Gasteiger charge is -2.19. The summed E-state index contributed by atoms with van der Waals surface area (Å²) < 4.78 is 0. The average Bonchev–Trinajstić information content (AvgIpc) is 2.44. The molecule has 0 aromatic carbocycles. The Morgan fingerprint density at radius 2 is 2.57 bits per heavy atom. The van der Waals surface area contributed by atoms with E-state index in [4.69, 9.17) is 0 Å². The Kier molecular flexibility index (Phi) is 3.99. The number of nitrogens with one attached hydrogen (secondary N) is 1. The number of thioether (sulfide) groups is 1. The fourth-order valence-corrected chi connectivity index (χ4v) is 1.72. The maximum Gasteiger partial charge on any atom is 0.271 e. The Bertz CT molecular complexity index is 246. The number of nitrogens with zero attached hydrogens (tertiary/aromatic N) is 3. The second-order valence-electron chi connectivity index (χ2n) is 3.08. The smallest absolute Gasteiger partial charge is 0.271 e. The van der Waals surface area contributed by atoms with Gasteiger partial charge in [0.25, 0.3) is 5.96 Å². The first-order chi connectivity index (χ1) is 6.65. The van der Waals surface area contributed by atoms with Crippen molar-refractivity contribution < 1.29 is 5.03 Å². The van der Waals surface area contributed by atoms with E-state index in [1.54, 1.807) is 11.8 Å². The quantitative estimate of drug-likeness (QED) is 0.539. The van der Waals surface area contributed by atoms with E-state index in [0.717, 1.165) is 18.8 Å². The highest BCUT2D eigenvalue weighted by Gasteiger charge is 2.27. The summed E-state index contributed by atoms with van der Waals surface area (Å²) >= 11 is 1.72. The predicted octanol–water partition coefficient (Wildman–Crippen LogP) is 0.191. The van der Waals surface area contributed by atoms with Gasteiger partial charge in [-0.25, -0.2) is 10.1 Å². The van der Waals surface area contributed by atoms with Gasteiger partial charge in [-0.3, -0.25) is 0 Å². The van der Waals surface area contributed by atoms with Gasteiger partial charge in [0.15, 0.2) is 5.03 Å². The van der Waals surface area contributed by atoms with Crippen LogP contribution in [0.25, 0.3) is 0 Å². The van der Waals surface area contributed by atoms with E-state index in [1.807, 2.05) is 18.1 Å². The van der Waals surface area contributed by atoms with Crippen LogP contribution in [0.1, 0.15) is 6.92 Å². The average molecular weight is 218 g/mol. The van der Waals surface area contributed by atoms with Crippen LogP contribution in [0.4, 0.5) is 0 Å². The third kappa shape index (κ3) is 2.76. The summed E-state index contributed by atoms with van der Waals surface area (Å²) in [6.07, 6.45) is 2.01. The molecule has 1 N–H and O–H groups in total. The van der Waals surface area contributed by atoms with E-state index in [-0.39, 0.29) is 6.04 Å². The van der Waals surface area contributed by atoms with Crippen molar-refractivity contribution >= 4 is 17.7 Å². The fraction of sp³-hybridized carbons (Fsp3) is 0.857. The minimum absolute atomic E-state index is 0.279. The summed E-state index contributed by atoms with van der Waals surface area (Å²) in [5, 5.41) is 15.8. The monoisotopic (exact) mass is 218 g/mol. The van der Waals surface area contributed by atoms with Crippen molar-refractivity contribution in [3.8, 4) is 0 Å². The normalized spacial score (nSPS) is 24.0. The lowest BCUT2D eigenvalue weighted by molar-refractivity contribution is -0.485. The lowest BCUT2D eigenvalue weighted by Crippen LogP contribution is -2.36. The zero-order chi connectivity index (χ0) is 10.6. The van der Waals surface area contributed by atoms with Crippen molar-refractivity contribution in [1.29, 1.82) is 0 Å².